The van der Waals surface area contributed by atoms with E-state index in [2.05, 4.69) is 53.7 Å². The minimum Gasteiger partial charge on any atom is -0.292 e. The van der Waals surface area contributed by atoms with Crippen LogP contribution in [0.4, 0.5) is 0 Å². The van der Waals surface area contributed by atoms with E-state index in [1.165, 1.54) is 5.56 Å². The highest BCUT2D eigenvalue weighted by atomic mass is 35.5. The number of rotatable bonds is 5. The molecule has 0 aromatic carbocycles. The second-order valence-electron chi connectivity index (χ2n) is 11.3. The number of H-pyrrole nitrogens is 2. The van der Waals surface area contributed by atoms with Crippen molar-refractivity contribution in [3.8, 4) is 11.9 Å². The van der Waals surface area contributed by atoms with Crippen LogP contribution in [-0.4, -0.2) is 49.0 Å². The predicted molar refractivity (Wildman–Crippen MR) is 172 cm³/mol. The zero-order chi connectivity index (χ0) is 32.7. The molecule has 0 aliphatic carbocycles. The molecule has 0 saturated carbocycles. The van der Waals surface area contributed by atoms with Crippen LogP contribution < -0.4 is 11.1 Å². The van der Waals surface area contributed by atoms with E-state index in [1.807, 2.05) is 55.4 Å². The van der Waals surface area contributed by atoms with Crippen LogP contribution in [0.15, 0.2) is 47.0 Å². The molecule has 5 rings (SSSR count). The first kappa shape index (κ1) is 34.0. The summed E-state index contributed by atoms with van der Waals surface area (Å²) in [6.07, 6.45) is 9.98. The van der Waals surface area contributed by atoms with Crippen molar-refractivity contribution in [1.82, 2.24) is 49.0 Å². The zero-order valence-corrected chi connectivity index (χ0v) is 27.7. The largest absolute Gasteiger partial charge is 0.292 e. The molecule has 0 fully saturated rings. The predicted octanol–water partition coefficient (Wildman–Crippen LogP) is 5.65. The SMILES string of the molecule is Cc1nc(-n2ccnc2)[nH]c(=O)c1C(C)C.Cc1nc(-n2ccnc2)[nH]c(=O)c1C(C)C.Cc1nc(Cl)nc(C)c1C(C)C. The van der Waals surface area contributed by atoms with Gasteiger partial charge < -0.3 is 0 Å². The maximum absolute atomic E-state index is 11.9. The molecule has 12 nitrogen and oxygen atoms in total. The van der Waals surface area contributed by atoms with Gasteiger partial charge in [0.05, 0.1) is 11.4 Å². The van der Waals surface area contributed by atoms with Crippen molar-refractivity contribution in [2.24, 2.45) is 0 Å². The van der Waals surface area contributed by atoms with Crippen LogP contribution in [0.25, 0.3) is 11.9 Å². The lowest BCUT2D eigenvalue weighted by Crippen LogP contribution is -2.20. The van der Waals surface area contributed by atoms with Gasteiger partial charge in [0.25, 0.3) is 11.1 Å². The molecule has 5 heterocycles. The van der Waals surface area contributed by atoms with Crippen LogP contribution in [0.5, 0.6) is 0 Å². The molecular formula is C31H41ClN10O2. The molecule has 13 heteroatoms. The molecule has 5 aromatic rings. The summed E-state index contributed by atoms with van der Waals surface area (Å²) >= 11 is 5.70. The Labute approximate surface area is 262 Å². The highest BCUT2D eigenvalue weighted by molar-refractivity contribution is 6.28. The fraction of sp³-hybridized carbons (Fsp3) is 0.419. The number of aromatic nitrogens is 10. The second-order valence-corrected chi connectivity index (χ2v) is 11.6. The van der Waals surface area contributed by atoms with Crippen molar-refractivity contribution in [2.75, 3.05) is 0 Å². The van der Waals surface area contributed by atoms with Gasteiger partial charge in [0.15, 0.2) is 0 Å². The van der Waals surface area contributed by atoms with Gasteiger partial charge in [0.1, 0.15) is 12.7 Å². The lowest BCUT2D eigenvalue weighted by Gasteiger charge is -2.11. The highest BCUT2D eigenvalue weighted by Gasteiger charge is 2.13. The minimum absolute atomic E-state index is 0.0776. The van der Waals surface area contributed by atoms with Gasteiger partial charge in [-0.15, -0.1) is 0 Å². The van der Waals surface area contributed by atoms with Crippen LogP contribution >= 0.6 is 11.6 Å². The third-order valence-electron chi connectivity index (χ3n) is 6.80. The molecule has 0 saturated heterocycles. The summed E-state index contributed by atoms with van der Waals surface area (Å²) in [7, 11) is 0. The summed E-state index contributed by atoms with van der Waals surface area (Å²) < 4.78 is 3.36. The highest BCUT2D eigenvalue weighted by Crippen LogP contribution is 2.21. The fourth-order valence-corrected chi connectivity index (χ4v) is 5.31. The van der Waals surface area contributed by atoms with E-state index < -0.39 is 0 Å². The van der Waals surface area contributed by atoms with Gasteiger partial charge in [-0.1, -0.05) is 41.5 Å². The number of hydrogen-bond acceptors (Lipinski definition) is 8. The van der Waals surface area contributed by atoms with Gasteiger partial charge in [-0.3, -0.25) is 28.7 Å². The van der Waals surface area contributed by atoms with Crippen molar-refractivity contribution < 1.29 is 0 Å². The number of halogens is 1. The van der Waals surface area contributed by atoms with Gasteiger partial charge in [-0.2, -0.15) is 0 Å². The van der Waals surface area contributed by atoms with Gasteiger partial charge in [-0.05, 0) is 62.6 Å². The summed E-state index contributed by atoms with van der Waals surface area (Å²) in [4.78, 5) is 54.0. The van der Waals surface area contributed by atoms with Gasteiger partial charge in [0, 0.05) is 47.3 Å². The van der Waals surface area contributed by atoms with E-state index in [0.717, 1.165) is 33.9 Å². The molecule has 44 heavy (non-hydrogen) atoms. The maximum Gasteiger partial charge on any atom is 0.255 e. The van der Waals surface area contributed by atoms with E-state index in [1.54, 1.807) is 46.6 Å². The first-order valence-electron chi connectivity index (χ1n) is 14.4. The number of hydrogen-bond donors (Lipinski definition) is 2. The summed E-state index contributed by atoms with van der Waals surface area (Å²) in [5.41, 5.74) is 6.04. The Morgan fingerprint density at radius 2 is 0.932 bits per heavy atom. The molecule has 0 spiro atoms. The minimum atomic E-state index is -0.0776. The van der Waals surface area contributed by atoms with Crippen LogP contribution in [0, 0.1) is 27.7 Å². The molecule has 2 N–H and O–H groups in total. The Balaban J connectivity index is 0.000000183. The van der Waals surface area contributed by atoms with E-state index in [9.17, 15) is 9.59 Å². The Kier molecular flexibility index (Phi) is 11.5. The molecule has 234 valence electrons. The van der Waals surface area contributed by atoms with Crippen LogP contribution in [0.2, 0.25) is 5.28 Å². The Bertz CT molecular complexity index is 1660. The third-order valence-corrected chi connectivity index (χ3v) is 6.97. The number of aryl methyl sites for hydroxylation is 4. The third kappa shape index (κ3) is 8.34. The molecular weight excluding hydrogens is 580 g/mol. The van der Waals surface area contributed by atoms with Crippen molar-refractivity contribution >= 4 is 11.6 Å². The van der Waals surface area contributed by atoms with E-state index in [0.29, 0.717) is 23.1 Å². The normalized spacial score (nSPS) is 11.0. The summed E-state index contributed by atoms with van der Waals surface area (Å²) in [5, 5.41) is 0.342. The monoisotopic (exact) mass is 620 g/mol. The quantitative estimate of drug-likeness (QED) is 0.239. The van der Waals surface area contributed by atoms with Crippen LogP contribution in [0.3, 0.4) is 0 Å². The molecule has 0 bridgehead atoms. The lowest BCUT2D eigenvalue weighted by atomic mass is 10.0. The average Bonchev–Trinajstić information content (AvgIpc) is 3.62. The molecule has 0 amide bonds. The second kappa shape index (κ2) is 14.8. The van der Waals surface area contributed by atoms with Crippen LogP contribution in [-0.2, 0) is 0 Å². The molecule has 0 unspecified atom stereocenters. The van der Waals surface area contributed by atoms with Crippen LogP contribution in [0.1, 0.15) is 98.8 Å². The Morgan fingerprint density at radius 1 is 0.591 bits per heavy atom. The lowest BCUT2D eigenvalue weighted by molar-refractivity contribution is 0.791. The first-order chi connectivity index (χ1) is 20.7. The van der Waals surface area contributed by atoms with E-state index in [4.69, 9.17) is 11.6 Å². The topological polar surface area (TPSA) is 153 Å². The number of aromatic amines is 2. The number of nitrogens with one attached hydrogen (secondary N) is 2. The molecule has 0 aliphatic heterocycles. The maximum atomic E-state index is 11.9. The summed E-state index contributed by atoms with van der Waals surface area (Å²) in [6, 6.07) is 0. The van der Waals surface area contributed by atoms with Crippen molar-refractivity contribution in [1.29, 1.82) is 0 Å². The number of nitrogens with zero attached hydrogens (tertiary/aromatic N) is 8. The molecule has 0 aliphatic rings. The number of imidazole rings is 2. The fourth-order valence-electron chi connectivity index (χ4n) is 5.05. The summed E-state index contributed by atoms with van der Waals surface area (Å²) in [5.74, 6) is 1.82. The standard InChI is InChI=1S/2C11H14N4O.C9H13ClN2/c2*1-7(2)9-8(3)13-11(14-10(9)16)15-5-4-12-6-15;1-5(2)8-6(3)11-9(10)12-7(8)4/h2*4-7H,1-3H3,(H,13,14,16);5H,1-4H3. The van der Waals surface area contributed by atoms with Gasteiger partial charge in [-0.25, -0.2) is 29.9 Å². The van der Waals surface area contributed by atoms with Crippen molar-refractivity contribution in [3.63, 3.8) is 0 Å². The van der Waals surface area contributed by atoms with Gasteiger partial charge >= 0.3 is 0 Å². The molecule has 5 aromatic heterocycles. The van der Waals surface area contributed by atoms with Crippen molar-refractivity contribution in [2.45, 2.75) is 87.0 Å². The van der Waals surface area contributed by atoms with Crippen molar-refractivity contribution in [3.05, 3.63) is 103 Å². The molecule has 0 atom stereocenters. The molecule has 0 radical (unpaired) electrons. The van der Waals surface area contributed by atoms with Gasteiger partial charge in [0.2, 0.25) is 17.2 Å². The summed E-state index contributed by atoms with van der Waals surface area (Å²) in [6.45, 7) is 19.8. The van der Waals surface area contributed by atoms with E-state index in [-0.39, 0.29) is 23.0 Å². The van der Waals surface area contributed by atoms with E-state index >= 15 is 0 Å². The smallest absolute Gasteiger partial charge is 0.255 e. The Hall–Kier alpha value is -4.45. The zero-order valence-electron chi connectivity index (χ0n) is 27.0. The Morgan fingerprint density at radius 3 is 1.20 bits per heavy atom. The first-order valence-corrected chi connectivity index (χ1v) is 14.8. The average molecular weight is 621 g/mol.